The van der Waals surface area contributed by atoms with Gasteiger partial charge in [0.25, 0.3) is 0 Å². The summed E-state index contributed by atoms with van der Waals surface area (Å²) in [4.78, 5) is 0. The zero-order valence-corrected chi connectivity index (χ0v) is 8.54. The molecule has 0 aliphatic rings. The second kappa shape index (κ2) is 5.78. The first kappa shape index (κ1) is 12.1. The average molecular weight is 216 g/mol. The lowest BCUT2D eigenvalue weighted by Gasteiger charge is -2.10. The van der Waals surface area contributed by atoms with E-state index in [0.29, 0.717) is 18.6 Å². The maximum atomic E-state index is 13.2. The van der Waals surface area contributed by atoms with Gasteiger partial charge in [0.05, 0.1) is 6.10 Å². The third-order valence-corrected chi connectivity index (χ3v) is 2.13. The second-order valence-corrected chi connectivity index (χ2v) is 3.38. The Balaban J connectivity index is 2.56. The smallest absolute Gasteiger partial charge is 0.129 e. The van der Waals surface area contributed by atoms with Crippen LogP contribution in [0.1, 0.15) is 12.0 Å². The third-order valence-electron chi connectivity index (χ3n) is 2.13. The molecule has 15 heavy (non-hydrogen) atoms. The van der Waals surface area contributed by atoms with Crippen LogP contribution in [-0.2, 0) is 11.2 Å². The second-order valence-electron chi connectivity index (χ2n) is 3.38. The topological polar surface area (TPSA) is 29.5 Å². The molecule has 0 saturated carbocycles. The fraction of sp³-hybridized carbons (Fsp3) is 0.455. The Morgan fingerprint density at radius 2 is 2.13 bits per heavy atom. The first-order valence-corrected chi connectivity index (χ1v) is 4.74. The summed E-state index contributed by atoms with van der Waals surface area (Å²) < 4.78 is 30.5. The van der Waals surface area contributed by atoms with Gasteiger partial charge in [0.15, 0.2) is 0 Å². The van der Waals surface area contributed by atoms with E-state index >= 15 is 0 Å². The highest BCUT2D eigenvalue weighted by Gasteiger charge is 2.09. The molecule has 0 aliphatic carbocycles. The minimum Gasteiger partial charge on any atom is -0.393 e. The molecule has 84 valence electrons. The van der Waals surface area contributed by atoms with Crippen LogP contribution in [0.3, 0.4) is 0 Å². The molecule has 1 rings (SSSR count). The fourth-order valence-corrected chi connectivity index (χ4v) is 1.30. The monoisotopic (exact) mass is 216 g/mol. The molecule has 0 fully saturated rings. The summed E-state index contributed by atoms with van der Waals surface area (Å²) in [6.45, 7) is 0.421. The molecular formula is C11H14F2O2. The number of ether oxygens (including phenoxy) is 1. The van der Waals surface area contributed by atoms with Gasteiger partial charge in [0.2, 0.25) is 0 Å². The number of aliphatic hydroxyl groups excluding tert-OH is 1. The molecule has 0 bridgehead atoms. The van der Waals surface area contributed by atoms with Crippen molar-refractivity contribution < 1.29 is 18.6 Å². The van der Waals surface area contributed by atoms with Gasteiger partial charge in [-0.25, -0.2) is 8.78 Å². The lowest BCUT2D eigenvalue weighted by molar-refractivity contribution is 0.109. The van der Waals surface area contributed by atoms with E-state index in [1.54, 1.807) is 0 Å². The van der Waals surface area contributed by atoms with Crippen molar-refractivity contribution in [2.75, 3.05) is 13.7 Å². The maximum absolute atomic E-state index is 13.2. The Labute approximate surface area is 87.5 Å². The number of halogens is 2. The molecule has 0 aromatic heterocycles. The molecule has 0 spiro atoms. The highest BCUT2D eigenvalue weighted by Crippen LogP contribution is 2.12. The normalized spacial score (nSPS) is 12.8. The zero-order chi connectivity index (χ0) is 11.3. The number of benzene rings is 1. The quantitative estimate of drug-likeness (QED) is 0.814. The van der Waals surface area contributed by atoms with Gasteiger partial charge >= 0.3 is 0 Å². The molecule has 2 nitrogen and oxygen atoms in total. The number of methoxy groups -OCH3 is 1. The predicted molar refractivity (Wildman–Crippen MR) is 52.6 cm³/mol. The van der Waals surface area contributed by atoms with Gasteiger partial charge in [-0.2, -0.15) is 0 Å². The van der Waals surface area contributed by atoms with Crippen molar-refractivity contribution in [1.82, 2.24) is 0 Å². The molecule has 1 N–H and O–H groups in total. The van der Waals surface area contributed by atoms with Crippen molar-refractivity contribution in [3.63, 3.8) is 0 Å². The van der Waals surface area contributed by atoms with Gasteiger partial charge in [0.1, 0.15) is 11.6 Å². The van der Waals surface area contributed by atoms with Crippen molar-refractivity contribution in [3.8, 4) is 0 Å². The third kappa shape index (κ3) is 3.93. The molecule has 0 radical (unpaired) electrons. The van der Waals surface area contributed by atoms with Crippen molar-refractivity contribution in [2.45, 2.75) is 18.9 Å². The first-order valence-electron chi connectivity index (χ1n) is 4.74. The largest absolute Gasteiger partial charge is 0.393 e. The van der Waals surface area contributed by atoms with Crippen LogP contribution in [0.4, 0.5) is 8.78 Å². The summed E-state index contributed by atoms with van der Waals surface area (Å²) in [7, 11) is 1.53. The Morgan fingerprint density at radius 1 is 1.40 bits per heavy atom. The van der Waals surface area contributed by atoms with Crippen LogP contribution in [0.25, 0.3) is 0 Å². The van der Waals surface area contributed by atoms with Crippen LogP contribution < -0.4 is 0 Å². The molecule has 0 amide bonds. The number of hydrogen-bond donors (Lipinski definition) is 1. The molecule has 1 aromatic rings. The highest BCUT2D eigenvalue weighted by molar-refractivity contribution is 5.19. The molecule has 0 aliphatic heterocycles. The van der Waals surface area contributed by atoms with Gasteiger partial charge in [-0.1, -0.05) is 6.07 Å². The van der Waals surface area contributed by atoms with E-state index < -0.39 is 17.7 Å². The Bertz CT molecular complexity index is 315. The van der Waals surface area contributed by atoms with E-state index in [4.69, 9.17) is 4.74 Å². The van der Waals surface area contributed by atoms with Crippen molar-refractivity contribution in [2.24, 2.45) is 0 Å². The summed E-state index contributed by atoms with van der Waals surface area (Å²) in [5, 5.41) is 9.49. The molecule has 4 heteroatoms. The zero-order valence-electron chi connectivity index (χ0n) is 8.54. The van der Waals surface area contributed by atoms with Crippen LogP contribution in [0.5, 0.6) is 0 Å². The Morgan fingerprint density at radius 3 is 2.73 bits per heavy atom. The predicted octanol–water partition coefficient (Wildman–Crippen LogP) is 1.90. The summed E-state index contributed by atoms with van der Waals surface area (Å²) in [6.07, 6.45) is -0.0482. The lowest BCUT2D eigenvalue weighted by atomic mass is 10.1. The van der Waals surface area contributed by atoms with E-state index in [1.165, 1.54) is 19.2 Å². The standard InChI is InChI=1S/C11H14F2O2/c1-15-5-4-10(14)6-8-2-3-9(12)7-11(8)13/h2-3,7,10,14H,4-6H2,1H3. The summed E-state index contributed by atoms with van der Waals surface area (Å²) in [6, 6.07) is 3.35. The van der Waals surface area contributed by atoms with Crippen molar-refractivity contribution in [3.05, 3.63) is 35.4 Å². The molecule has 0 saturated heterocycles. The molecule has 0 heterocycles. The van der Waals surface area contributed by atoms with Gasteiger partial charge in [-0.15, -0.1) is 0 Å². The van der Waals surface area contributed by atoms with Gasteiger partial charge < -0.3 is 9.84 Å². The fourth-order valence-electron chi connectivity index (χ4n) is 1.30. The van der Waals surface area contributed by atoms with E-state index in [2.05, 4.69) is 0 Å². The Kier molecular flexibility index (Phi) is 4.65. The lowest BCUT2D eigenvalue weighted by Crippen LogP contribution is -2.14. The van der Waals surface area contributed by atoms with E-state index in [9.17, 15) is 13.9 Å². The summed E-state index contributed by atoms with van der Waals surface area (Å²) >= 11 is 0. The van der Waals surface area contributed by atoms with Gasteiger partial charge in [0, 0.05) is 26.2 Å². The van der Waals surface area contributed by atoms with Gasteiger partial charge in [-0.3, -0.25) is 0 Å². The minimum absolute atomic E-state index is 0.176. The maximum Gasteiger partial charge on any atom is 0.129 e. The number of rotatable bonds is 5. The molecule has 1 aromatic carbocycles. The van der Waals surface area contributed by atoms with Gasteiger partial charge in [-0.05, 0) is 18.1 Å². The summed E-state index contributed by atoms with van der Waals surface area (Å²) in [5.74, 6) is -1.23. The Hall–Kier alpha value is -1.00. The molecule has 1 atom stereocenters. The molecular weight excluding hydrogens is 202 g/mol. The minimum atomic E-state index is -0.662. The number of hydrogen-bond acceptors (Lipinski definition) is 2. The van der Waals surface area contributed by atoms with Crippen molar-refractivity contribution >= 4 is 0 Å². The van der Waals surface area contributed by atoms with E-state index in [-0.39, 0.29) is 6.42 Å². The molecule has 1 unspecified atom stereocenters. The first-order chi connectivity index (χ1) is 7.13. The van der Waals surface area contributed by atoms with Crippen LogP contribution >= 0.6 is 0 Å². The van der Waals surface area contributed by atoms with Crippen LogP contribution in [-0.4, -0.2) is 24.9 Å². The highest BCUT2D eigenvalue weighted by atomic mass is 19.1. The number of aliphatic hydroxyl groups is 1. The van der Waals surface area contributed by atoms with Crippen LogP contribution in [0, 0.1) is 11.6 Å². The van der Waals surface area contributed by atoms with E-state index in [0.717, 1.165) is 6.07 Å². The van der Waals surface area contributed by atoms with Crippen molar-refractivity contribution in [1.29, 1.82) is 0 Å². The summed E-state index contributed by atoms with van der Waals surface area (Å²) in [5.41, 5.74) is 0.319. The average Bonchev–Trinajstić information content (AvgIpc) is 2.19. The SMILES string of the molecule is COCCC(O)Cc1ccc(F)cc1F. The van der Waals surface area contributed by atoms with E-state index in [1.807, 2.05) is 0 Å². The van der Waals surface area contributed by atoms with Crippen LogP contribution in [0.2, 0.25) is 0 Å². The van der Waals surface area contributed by atoms with Crippen LogP contribution in [0.15, 0.2) is 18.2 Å².